The maximum atomic E-state index is 12.8. The molecule has 0 aliphatic rings. The maximum Gasteiger partial charge on any atom is 0.255 e. The Morgan fingerprint density at radius 3 is 2.32 bits per heavy atom. The lowest BCUT2D eigenvalue weighted by atomic mass is 10.0. The van der Waals surface area contributed by atoms with Gasteiger partial charge in [-0.2, -0.15) is 0 Å². The van der Waals surface area contributed by atoms with Crippen LogP contribution in [0.3, 0.4) is 0 Å². The minimum atomic E-state index is -3.50. The molecule has 1 amide bonds. The number of benzene rings is 3. The summed E-state index contributed by atoms with van der Waals surface area (Å²) in [5.41, 5.74) is 4.28. The second-order valence-electron chi connectivity index (χ2n) is 7.48. The van der Waals surface area contributed by atoms with Crippen LogP contribution in [0.2, 0.25) is 0 Å². The maximum absolute atomic E-state index is 12.8. The lowest BCUT2D eigenvalue weighted by Gasteiger charge is -2.21. The Morgan fingerprint density at radius 1 is 0.935 bits per heavy atom. The minimum absolute atomic E-state index is 0.306. The van der Waals surface area contributed by atoms with Crippen molar-refractivity contribution >= 4 is 38.2 Å². The molecule has 4 rings (SSSR count). The molecule has 1 aromatic heterocycles. The Labute approximate surface area is 181 Å². The van der Waals surface area contributed by atoms with E-state index >= 15 is 0 Å². The van der Waals surface area contributed by atoms with E-state index in [1.807, 2.05) is 49.6 Å². The molecule has 0 radical (unpaired) electrons. The largest absolute Gasteiger partial charge is 0.351 e. The predicted octanol–water partition coefficient (Wildman–Crippen LogP) is 4.49. The van der Waals surface area contributed by atoms with Crippen molar-refractivity contribution in [2.45, 2.75) is 0 Å². The average Bonchev–Trinajstić information content (AvgIpc) is 3.13. The van der Waals surface area contributed by atoms with Crippen molar-refractivity contribution in [1.82, 2.24) is 4.57 Å². The lowest BCUT2D eigenvalue weighted by Crippen LogP contribution is -2.26. The molecule has 0 spiro atoms. The van der Waals surface area contributed by atoms with Crippen LogP contribution in [0.5, 0.6) is 0 Å². The molecule has 0 unspecified atom stereocenters. The van der Waals surface area contributed by atoms with E-state index in [4.69, 9.17) is 0 Å². The van der Waals surface area contributed by atoms with Crippen LogP contribution in [0.15, 0.2) is 79.0 Å². The molecule has 0 fully saturated rings. The SMILES string of the molecule is CN(c1ccc(-c2ccc3c(ccn3C)c2)cc1NC(=O)c1ccccc1)S(C)(=O)=O. The van der Waals surface area contributed by atoms with E-state index < -0.39 is 10.0 Å². The van der Waals surface area contributed by atoms with Crippen molar-refractivity contribution in [2.75, 3.05) is 22.9 Å². The number of sulfonamides is 1. The first-order valence-electron chi connectivity index (χ1n) is 9.74. The van der Waals surface area contributed by atoms with E-state index in [9.17, 15) is 13.2 Å². The van der Waals surface area contributed by atoms with Crippen molar-refractivity contribution in [3.8, 4) is 11.1 Å². The fraction of sp³-hybridized carbons (Fsp3) is 0.125. The standard InChI is InChI=1S/C24H23N3O3S/c1-26-14-13-20-15-18(9-11-22(20)26)19-10-12-23(27(2)31(3,29)30)21(16-19)25-24(28)17-7-5-4-6-8-17/h4-16H,1-3H3,(H,25,28). The molecule has 1 heterocycles. The third-order valence-electron chi connectivity index (χ3n) is 5.34. The second kappa shape index (κ2) is 7.92. The van der Waals surface area contributed by atoms with Gasteiger partial charge in [-0.15, -0.1) is 0 Å². The summed E-state index contributed by atoms with van der Waals surface area (Å²) < 4.78 is 27.5. The van der Waals surface area contributed by atoms with Crippen molar-refractivity contribution < 1.29 is 13.2 Å². The van der Waals surface area contributed by atoms with E-state index in [1.54, 1.807) is 30.3 Å². The summed E-state index contributed by atoms with van der Waals surface area (Å²) >= 11 is 0. The van der Waals surface area contributed by atoms with Crippen molar-refractivity contribution in [1.29, 1.82) is 0 Å². The molecule has 0 saturated carbocycles. The molecule has 158 valence electrons. The highest BCUT2D eigenvalue weighted by atomic mass is 32.2. The number of aromatic nitrogens is 1. The van der Waals surface area contributed by atoms with Crippen LogP contribution < -0.4 is 9.62 Å². The molecule has 0 atom stereocenters. The number of amides is 1. The summed E-state index contributed by atoms with van der Waals surface area (Å²) in [6.45, 7) is 0. The molecule has 4 aromatic rings. The van der Waals surface area contributed by atoms with Crippen molar-refractivity contribution in [3.05, 3.63) is 84.6 Å². The lowest BCUT2D eigenvalue weighted by molar-refractivity contribution is 0.102. The summed E-state index contributed by atoms with van der Waals surface area (Å²) in [5, 5.41) is 3.99. The smallest absolute Gasteiger partial charge is 0.255 e. The minimum Gasteiger partial charge on any atom is -0.351 e. The van der Waals surface area contributed by atoms with Gasteiger partial charge < -0.3 is 9.88 Å². The van der Waals surface area contributed by atoms with Crippen LogP contribution in [-0.2, 0) is 17.1 Å². The predicted molar refractivity (Wildman–Crippen MR) is 126 cm³/mol. The highest BCUT2D eigenvalue weighted by molar-refractivity contribution is 7.92. The number of hydrogen-bond donors (Lipinski definition) is 1. The molecule has 0 aliphatic heterocycles. The van der Waals surface area contributed by atoms with Crippen LogP contribution in [0.4, 0.5) is 11.4 Å². The van der Waals surface area contributed by atoms with Crippen LogP contribution in [0, 0.1) is 0 Å². The second-order valence-corrected chi connectivity index (χ2v) is 9.50. The first-order valence-corrected chi connectivity index (χ1v) is 11.6. The van der Waals surface area contributed by atoms with Gasteiger partial charge in [-0.1, -0.05) is 30.3 Å². The number of nitrogens with zero attached hydrogens (tertiary/aromatic N) is 2. The molecule has 0 bridgehead atoms. The van der Waals surface area contributed by atoms with E-state index in [1.165, 1.54) is 7.05 Å². The van der Waals surface area contributed by atoms with Gasteiger partial charge in [-0.05, 0) is 53.6 Å². The van der Waals surface area contributed by atoms with Gasteiger partial charge in [0.15, 0.2) is 0 Å². The molecule has 6 nitrogen and oxygen atoms in total. The summed E-state index contributed by atoms with van der Waals surface area (Å²) in [4.78, 5) is 12.8. The van der Waals surface area contributed by atoms with Crippen LogP contribution in [-0.4, -0.2) is 32.2 Å². The Balaban J connectivity index is 1.79. The molecule has 31 heavy (non-hydrogen) atoms. The topological polar surface area (TPSA) is 71.4 Å². The Morgan fingerprint density at radius 2 is 1.61 bits per heavy atom. The zero-order valence-electron chi connectivity index (χ0n) is 17.5. The normalized spacial score (nSPS) is 11.5. The number of carbonyl (C=O) groups is 1. The quantitative estimate of drug-likeness (QED) is 0.504. The van der Waals surface area contributed by atoms with Crippen LogP contribution in [0.1, 0.15) is 10.4 Å². The number of anilines is 2. The molecule has 3 aromatic carbocycles. The van der Waals surface area contributed by atoms with Crippen LogP contribution in [0.25, 0.3) is 22.0 Å². The fourth-order valence-electron chi connectivity index (χ4n) is 3.51. The monoisotopic (exact) mass is 433 g/mol. The van der Waals surface area contributed by atoms with Gasteiger partial charge in [0.05, 0.1) is 17.6 Å². The van der Waals surface area contributed by atoms with E-state index in [2.05, 4.69) is 16.0 Å². The summed E-state index contributed by atoms with van der Waals surface area (Å²) in [6, 6.07) is 22.4. The van der Waals surface area contributed by atoms with Gasteiger partial charge in [-0.3, -0.25) is 9.10 Å². The van der Waals surface area contributed by atoms with Gasteiger partial charge in [0.25, 0.3) is 5.91 Å². The summed E-state index contributed by atoms with van der Waals surface area (Å²) in [5.74, 6) is -0.306. The van der Waals surface area contributed by atoms with Gasteiger partial charge in [0.2, 0.25) is 10.0 Å². The van der Waals surface area contributed by atoms with Crippen LogP contribution >= 0.6 is 0 Å². The number of nitrogens with one attached hydrogen (secondary N) is 1. The van der Waals surface area contributed by atoms with E-state index in [-0.39, 0.29) is 5.91 Å². The van der Waals surface area contributed by atoms with Gasteiger partial charge in [0.1, 0.15) is 0 Å². The zero-order valence-corrected chi connectivity index (χ0v) is 18.3. The number of carbonyl (C=O) groups excluding carboxylic acids is 1. The number of fused-ring (bicyclic) bond motifs is 1. The molecular weight excluding hydrogens is 410 g/mol. The van der Waals surface area contributed by atoms with Gasteiger partial charge in [0, 0.05) is 36.8 Å². The molecule has 7 heteroatoms. The summed E-state index contributed by atoms with van der Waals surface area (Å²) in [6.07, 6.45) is 3.14. The Kier molecular flexibility index (Phi) is 5.29. The third kappa shape index (κ3) is 4.18. The molecule has 0 saturated heterocycles. The zero-order chi connectivity index (χ0) is 22.2. The third-order valence-corrected chi connectivity index (χ3v) is 6.53. The molecular formula is C24H23N3O3S. The average molecular weight is 434 g/mol. The molecule has 0 aliphatic carbocycles. The fourth-order valence-corrected chi connectivity index (χ4v) is 4.03. The van der Waals surface area contributed by atoms with Gasteiger partial charge in [-0.25, -0.2) is 8.42 Å². The number of rotatable bonds is 5. The van der Waals surface area contributed by atoms with Crippen molar-refractivity contribution in [2.24, 2.45) is 7.05 Å². The van der Waals surface area contributed by atoms with E-state index in [0.29, 0.717) is 16.9 Å². The first-order chi connectivity index (χ1) is 14.7. The Hall–Kier alpha value is -3.58. The van der Waals surface area contributed by atoms with Crippen molar-refractivity contribution in [3.63, 3.8) is 0 Å². The molecule has 1 N–H and O–H groups in total. The first kappa shape index (κ1) is 20.7. The highest BCUT2D eigenvalue weighted by Gasteiger charge is 2.19. The Bertz CT molecular complexity index is 1380. The number of aryl methyl sites for hydroxylation is 1. The number of hydrogen-bond acceptors (Lipinski definition) is 3. The van der Waals surface area contributed by atoms with Gasteiger partial charge >= 0.3 is 0 Å². The van der Waals surface area contributed by atoms with E-state index in [0.717, 1.165) is 32.6 Å². The highest BCUT2D eigenvalue weighted by Crippen LogP contribution is 2.33. The summed E-state index contributed by atoms with van der Waals surface area (Å²) in [7, 11) is -0.0372.